The van der Waals surface area contributed by atoms with E-state index in [0.717, 1.165) is 12.8 Å². The summed E-state index contributed by atoms with van der Waals surface area (Å²) in [5, 5.41) is 22.6. The molecule has 3 rings (SSSR count). The van der Waals surface area contributed by atoms with Crippen LogP contribution >= 0.6 is 22.9 Å². The lowest BCUT2D eigenvalue weighted by atomic mass is 9.96. The summed E-state index contributed by atoms with van der Waals surface area (Å²) in [7, 11) is 0. The van der Waals surface area contributed by atoms with Gasteiger partial charge in [-0.25, -0.2) is 4.39 Å². The number of aromatic nitrogens is 2. The van der Waals surface area contributed by atoms with Gasteiger partial charge in [0, 0.05) is 18.9 Å². The zero-order chi connectivity index (χ0) is 22.4. The molecular formula is C22H25ClFN3O3S. The number of carbonyl (C=O) groups is 2. The van der Waals surface area contributed by atoms with Crippen LogP contribution in [0.15, 0.2) is 40.4 Å². The van der Waals surface area contributed by atoms with Gasteiger partial charge in [-0.1, -0.05) is 41.5 Å². The molecule has 1 amide bonds. The first-order chi connectivity index (χ1) is 14.9. The van der Waals surface area contributed by atoms with Gasteiger partial charge in [0.05, 0.1) is 16.2 Å². The molecule has 1 unspecified atom stereocenters. The minimum Gasteiger partial charge on any atom is -0.504 e. The van der Waals surface area contributed by atoms with E-state index in [1.54, 1.807) is 19.1 Å². The van der Waals surface area contributed by atoms with Crippen molar-refractivity contribution in [2.45, 2.75) is 51.9 Å². The topological polar surface area (TPSA) is 92.2 Å². The number of hydrogen-bond acceptors (Lipinski definition) is 6. The maximum Gasteiger partial charge on any atom is 0.251 e. The number of likely N-dealkylation sites (N-methyl/N-ethyl adjacent to an activating group) is 1. The van der Waals surface area contributed by atoms with Crippen molar-refractivity contribution in [3.63, 3.8) is 0 Å². The summed E-state index contributed by atoms with van der Waals surface area (Å²) in [5.74, 6) is -2.41. The van der Waals surface area contributed by atoms with Crippen LogP contribution < -0.4 is 5.32 Å². The van der Waals surface area contributed by atoms with E-state index in [2.05, 4.69) is 15.5 Å². The first-order valence-electron chi connectivity index (χ1n) is 10.4. The van der Waals surface area contributed by atoms with Gasteiger partial charge in [0.2, 0.25) is 5.78 Å². The van der Waals surface area contributed by atoms with Crippen LogP contribution in [-0.4, -0.2) is 33.5 Å². The summed E-state index contributed by atoms with van der Waals surface area (Å²) < 4.78 is 14.3. The smallest absolute Gasteiger partial charge is 0.251 e. The van der Waals surface area contributed by atoms with Gasteiger partial charge in [-0.2, -0.15) is 0 Å². The lowest BCUT2D eigenvalue weighted by molar-refractivity contribution is -0.119. The van der Waals surface area contributed by atoms with Crippen molar-refractivity contribution in [3.05, 3.63) is 50.4 Å². The Bertz CT molecular complexity index is 980. The van der Waals surface area contributed by atoms with E-state index >= 15 is 0 Å². The van der Waals surface area contributed by atoms with E-state index < -0.39 is 23.4 Å². The van der Waals surface area contributed by atoms with Crippen LogP contribution in [0.25, 0.3) is 5.57 Å². The third-order valence-electron chi connectivity index (χ3n) is 5.23. The molecule has 1 heterocycles. The Labute approximate surface area is 189 Å². The molecular weight excluding hydrogens is 441 g/mol. The summed E-state index contributed by atoms with van der Waals surface area (Å²) >= 11 is 7.07. The van der Waals surface area contributed by atoms with Crippen LogP contribution in [0.5, 0.6) is 0 Å². The number of aliphatic hydroxyl groups excluding tert-OH is 1. The minimum absolute atomic E-state index is 0.0964. The van der Waals surface area contributed by atoms with Crippen LogP contribution in [0, 0.1) is 5.92 Å². The molecule has 1 aromatic rings. The van der Waals surface area contributed by atoms with E-state index in [9.17, 15) is 19.1 Å². The Kier molecular flexibility index (Phi) is 8.15. The number of ketones is 1. The Hall–Kier alpha value is -2.32. The molecule has 0 aliphatic heterocycles. The molecule has 0 spiro atoms. The lowest BCUT2D eigenvalue weighted by Crippen LogP contribution is -2.27. The second-order valence-electron chi connectivity index (χ2n) is 7.47. The number of hydrogen-bond donors (Lipinski definition) is 2. The van der Waals surface area contributed by atoms with Crippen molar-refractivity contribution in [2.24, 2.45) is 5.92 Å². The number of nitrogens with zero attached hydrogens (tertiary/aromatic N) is 2. The molecule has 0 saturated heterocycles. The number of allylic oxidation sites excluding steroid dienone is 6. The normalized spacial score (nSPS) is 24.7. The molecule has 0 saturated carbocycles. The number of halogens is 2. The van der Waals surface area contributed by atoms with Crippen molar-refractivity contribution in [1.82, 2.24) is 15.5 Å². The summed E-state index contributed by atoms with van der Waals surface area (Å²) in [6.45, 7) is 2.18. The van der Waals surface area contributed by atoms with Crippen LogP contribution in [0.1, 0.15) is 55.5 Å². The first-order valence-corrected chi connectivity index (χ1v) is 11.6. The molecule has 9 heteroatoms. The average molecular weight is 466 g/mol. The fourth-order valence-electron chi connectivity index (χ4n) is 3.56. The quantitative estimate of drug-likeness (QED) is 0.642. The number of amides is 1. The zero-order valence-electron chi connectivity index (χ0n) is 17.3. The molecule has 166 valence electrons. The maximum atomic E-state index is 14.3. The van der Waals surface area contributed by atoms with Gasteiger partial charge < -0.3 is 10.4 Å². The predicted molar refractivity (Wildman–Crippen MR) is 119 cm³/mol. The molecule has 2 N–H and O–H groups in total. The Morgan fingerprint density at radius 1 is 1.35 bits per heavy atom. The second-order valence-corrected chi connectivity index (χ2v) is 8.94. The summed E-state index contributed by atoms with van der Waals surface area (Å²) in [4.78, 5) is 25.4. The predicted octanol–water partition coefficient (Wildman–Crippen LogP) is 4.94. The summed E-state index contributed by atoms with van der Waals surface area (Å²) in [6, 6.07) is 0. The van der Waals surface area contributed by atoms with Crippen molar-refractivity contribution >= 4 is 40.2 Å². The molecule has 2 aliphatic rings. The van der Waals surface area contributed by atoms with Gasteiger partial charge in [0.1, 0.15) is 10.8 Å². The molecule has 31 heavy (non-hydrogen) atoms. The van der Waals surface area contributed by atoms with E-state index in [1.165, 1.54) is 11.3 Å². The van der Waals surface area contributed by atoms with Crippen LogP contribution in [-0.2, 0) is 16.0 Å². The molecule has 0 fully saturated rings. The number of rotatable bonds is 5. The molecule has 0 bridgehead atoms. The lowest BCUT2D eigenvalue weighted by Gasteiger charge is -2.15. The standard InChI is InChI=1S/C22H25ClFN3O3S/c1-2-25-21(30)14-9-5-3-4-6-10-15(20(29)19(14)28)22-27-26-17(31-22)12-13-8-7-11-16(23)18(13)24/h7,10-11,13,28H,2-6,8-9,12H2,1H3,(H,25,30)/b15-10+,19-14-. The molecule has 6 nitrogen and oxygen atoms in total. The number of nitrogens with one attached hydrogen (secondary N) is 1. The Balaban J connectivity index is 1.87. The zero-order valence-corrected chi connectivity index (χ0v) is 18.9. The number of Topliss-reactive ketones (excluding diaryl/α,β-unsaturated/α-hetero) is 1. The maximum absolute atomic E-state index is 14.3. The van der Waals surface area contributed by atoms with Crippen LogP contribution in [0.3, 0.4) is 0 Å². The summed E-state index contributed by atoms with van der Waals surface area (Å²) in [6.07, 6.45) is 9.36. The van der Waals surface area contributed by atoms with Gasteiger partial charge in [-0.15, -0.1) is 10.2 Å². The SMILES string of the molecule is CCNC(=O)/C1=C(\O)C(=O)/C(c2nnc(CC3CC=CC(Cl)=C3F)s2)=C\CCCCC1. The van der Waals surface area contributed by atoms with E-state index in [-0.39, 0.29) is 22.0 Å². The highest BCUT2D eigenvalue weighted by molar-refractivity contribution is 7.12. The fraction of sp³-hybridized carbons (Fsp3) is 0.455. The molecule has 0 aromatic carbocycles. The third kappa shape index (κ3) is 5.68. The monoisotopic (exact) mass is 465 g/mol. The van der Waals surface area contributed by atoms with Gasteiger partial charge in [0.25, 0.3) is 5.91 Å². The van der Waals surface area contributed by atoms with Gasteiger partial charge in [0.15, 0.2) is 10.8 Å². The number of aliphatic hydroxyl groups is 1. The first kappa shape index (κ1) is 23.3. The second kappa shape index (κ2) is 10.8. The molecule has 1 aromatic heterocycles. The van der Waals surface area contributed by atoms with E-state index in [1.807, 2.05) is 6.08 Å². The molecule has 2 aliphatic carbocycles. The van der Waals surface area contributed by atoms with E-state index in [4.69, 9.17) is 11.6 Å². The highest BCUT2D eigenvalue weighted by Gasteiger charge is 2.27. The van der Waals surface area contributed by atoms with Crippen molar-refractivity contribution < 1.29 is 19.1 Å². The van der Waals surface area contributed by atoms with Crippen molar-refractivity contribution in [3.8, 4) is 0 Å². The molecule has 0 radical (unpaired) electrons. The van der Waals surface area contributed by atoms with Gasteiger partial charge in [-0.3, -0.25) is 9.59 Å². The van der Waals surface area contributed by atoms with E-state index in [0.29, 0.717) is 48.7 Å². The Morgan fingerprint density at radius 3 is 2.94 bits per heavy atom. The highest BCUT2D eigenvalue weighted by Crippen LogP contribution is 2.33. The van der Waals surface area contributed by atoms with Crippen molar-refractivity contribution in [1.29, 1.82) is 0 Å². The largest absolute Gasteiger partial charge is 0.504 e. The van der Waals surface area contributed by atoms with Crippen LogP contribution in [0.4, 0.5) is 4.39 Å². The van der Waals surface area contributed by atoms with Crippen LogP contribution in [0.2, 0.25) is 0 Å². The van der Waals surface area contributed by atoms with Gasteiger partial charge >= 0.3 is 0 Å². The minimum atomic E-state index is -0.638. The Morgan fingerprint density at radius 2 is 2.16 bits per heavy atom. The average Bonchev–Trinajstić information content (AvgIpc) is 3.20. The third-order valence-corrected chi connectivity index (χ3v) is 6.51. The summed E-state index contributed by atoms with van der Waals surface area (Å²) in [5.41, 5.74) is 0.322. The number of carbonyl (C=O) groups excluding carboxylic acids is 2. The highest BCUT2D eigenvalue weighted by atomic mass is 35.5. The fourth-order valence-corrected chi connectivity index (χ4v) is 4.76. The molecule has 1 atom stereocenters. The van der Waals surface area contributed by atoms with Gasteiger partial charge in [-0.05, 0) is 45.1 Å². The van der Waals surface area contributed by atoms with Crippen molar-refractivity contribution in [2.75, 3.05) is 6.54 Å².